The van der Waals surface area contributed by atoms with E-state index in [4.69, 9.17) is 23.2 Å². The van der Waals surface area contributed by atoms with Gasteiger partial charge in [-0.1, -0.05) is 29.8 Å². The molecule has 3 nitrogen and oxygen atoms in total. The van der Waals surface area contributed by atoms with Crippen LogP contribution in [0.15, 0.2) is 24.9 Å². The normalized spacial score (nSPS) is 9.38. The number of hydrogen-bond donors (Lipinski definition) is 1. The highest BCUT2D eigenvalue weighted by Crippen LogP contribution is 2.22. The molecule has 0 spiro atoms. The van der Waals surface area contributed by atoms with Crippen LogP contribution in [-0.2, 0) is 4.79 Å². The summed E-state index contributed by atoms with van der Waals surface area (Å²) in [7, 11) is 0. The summed E-state index contributed by atoms with van der Waals surface area (Å²) in [5.41, 5.74) is 0. The lowest BCUT2D eigenvalue weighted by Gasteiger charge is -2.02. The number of halogens is 2. The van der Waals surface area contributed by atoms with Gasteiger partial charge in [-0.2, -0.15) is 0 Å². The van der Waals surface area contributed by atoms with Crippen LogP contribution in [0.1, 0.15) is 0 Å². The van der Waals surface area contributed by atoms with Crippen molar-refractivity contribution in [2.75, 3.05) is 5.32 Å². The smallest absolute Gasteiger partial charge is 0.248 e. The maximum absolute atomic E-state index is 10.9. The van der Waals surface area contributed by atoms with E-state index in [9.17, 15) is 4.79 Å². The maximum Gasteiger partial charge on any atom is 0.248 e. The largest absolute Gasteiger partial charge is 0.306 e. The quantitative estimate of drug-likeness (QED) is 0.773. The molecule has 0 aliphatic carbocycles. The first-order valence-corrected chi connectivity index (χ1v) is 4.13. The number of carbonyl (C=O) groups is 1. The fourth-order valence-electron chi connectivity index (χ4n) is 0.674. The average molecular weight is 217 g/mol. The number of aromatic nitrogens is 1. The van der Waals surface area contributed by atoms with Gasteiger partial charge in [-0.05, 0) is 12.1 Å². The molecule has 1 amide bonds. The second kappa shape index (κ2) is 4.25. The van der Waals surface area contributed by atoms with Crippen LogP contribution in [0.2, 0.25) is 10.0 Å². The van der Waals surface area contributed by atoms with E-state index in [1.165, 1.54) is 12.3 Å². The number of anilines is 1. The van der Waals surface area contributed by atoms with E-state index in [0.29, 0.717) is 10.0 Å². The molecule has 0 saturated heterocycles. The molecule has 5 heteroatoms. The zero-order valence-corrected chi connectivity index (χ0v) is 8.06. The molecule has 1 aromatic heterocycles. The van der Waals surface area contributed by atoms with Crippen LogP contribution in [0.25, 0.3) is 0 Å². The molecule has 1 N–H and O–H groups in total. The SMILES string of the molecule is C=CC(=O)Nc1ncc(Cl)cc1Cl. The summed E-state index contributed by atoms with van der Waals surface area (Å²) in [6.45, 7) is 3.30. The fraction of sp³-hybridized carbons (Fsp3) is 0. The molecule has 0 aromatic carbocycles. The minimum Gasteiger partial charge on any atom is -0.306 e. The number of amides is 1. The lowest BCUT2D eigenvalue weighted by atomic mass is 10.4. The molecule has 1 aromatic rings. The van der Waals surface area contributed by atoms with Gasteiger partial charge in [-0.3, -0.25) is 4.79 Å². The van der Waals surface area contributed by atoms with Crippen molar-refractivity contribution in [1.82, 2.24) is 4.98 Å². The molecule has 1 rings (SSSR count). The molecule has 1 heterocycles. The third-order valence-electron chi connectivity index (χ3n) is 1.23. The fourth-order valence-corrected chi connectivity index (χ4v) is 1.10. The van der Waals surface area contributed by atoms with Crippen molar-refractivity contribution in [3.05, 3.63) is 35.0 Å². The first kappa shape index (κ1) is 10.0. The standard InChI is InChI=1S/C8H6Cl2N2O/c1-2-7(13)12-8-6(10)3-5(9)4-11-8/h2-4H,1H2,(H,11,12,13). The Balaban J connectivity index is 2.89. The second-order valence-electron chi connectivity index (χ2n) is 2.18. The minimum atomic E-state index is -0.364. The Labute approximate surface area is 85.4 Å². The Kier molecular flexibility index (Phi) is 3.28. The highest BCUT2D eigenvalue weighted by molar-refractivity contribution is 6.36. The van der Waals surface area contributed by atoms with Gasteiger partial charge in [0.15, 0.2) is 5.82 Å². The summed E-state index contributed by atoms with van der Waals surface area (Å²) in [6, 6.07) is 1.49. The Morgan fingerprint density at radius 1 is 1.62 bits per heavy atom. The molecule has 0 bridgehead atoms. The van der Waals surface area contributed by atoms with Gasteiger partial charge in [0.25, 0.3) is 0 Å². The summed E-state index contributed by atoms with van der Waals surface area (Å²) in [6.07, 6.45) is 2.53. The second-order valence-corrected chi connectivity index (χ2v) is 3.02. The van der Waals surface area contributed by atoms with Crippen molar-refractivity contribution < 1.29 is 4.79 Å². The van der Waals surface area contributed by atoms with E-state index >= 15 is 0 Å². The number of carbonyl (C=O) groups excluding carboxylic acids is 1. The molecule has 0 atom stereocenters. The predicted octanol–water partition coefficient (Wildman–Crippen LogP) is 2.51. The van der Waals surface area contributed by atoms with Crippen LogP contribution in [0.3, 0.4) is 0 Å². The Morgan fingerprint density at radius 3 is 2.85 bits per heavy atom. The highest BCUT2D eigenvalue weighted by atomic mass is 35.5. The molecular weight excluding hydrogens is 211 g/mol. The molecule has 0 aliphatic rings. The average Bonchev–Trinajstić information content (AvgIpc) is 2.09. The molecular formula is C8H6Cl2N2O. The summed E-state index contributed by atoms with van der Waals surface area (Å²) in [5, 5.41) is 3.14. The van der Waals surface area contributed by atoms with Gasteiger partial charge in [0.1, 0.15) is 0 Å². The molecule has 13 heavy (non-hydrogen) atoms. The third kappa shape index (κ3) is 2.72. The van der Waals surface area contributed by atoms with E-state index in [-0.39, 0.29) is 11.7 Å². The molecule has 0 radical (unpaired) electrons. The number of hydrogen-bond acceptors (Lipinski definition) is 2. The first-order valence-electron chi connectivity index (χ1n) is 3.38. The first-order chi connectivity index (χ1) is 6.13. The number of rotatable bonds is 2. The van der Waals surface area contributed by atoms with Crippen molar-refractivity contribution in [2.45, 2.75) is 0 Å². The summed E-state index contributed by atoms with van der Waals surface area (Å²) in [5.74, 6) is -0.0901. The van der Waals surface area contributed by atoms with Gasteiger partial charge in [0.05, 0.1) is 10.0 Å². The number of pyridine rings is 1. The van der Waals surface area contributed by atoms with Crippen LogP contribution in [0.4, 0.5) is 5.82 Å². The molecule has 0 saturated carbocycles. The number of nitrogens with one attached hydrogen (secondary N) is 1. The van der Waals surface area contributed by atoms with Crippen LogP contribution < -0.4 is 5.32 Å². The van der Waals surface area contributed by atoms with Crippen molar-refractivity contribution in [3.63, 3.8) is 0 Å². The Morgan fingerprint density at radius 2 is 2.31 bits per heavy atom. The zero-order chi connectivity index (χ0) is 9.84. The molecule has 68 valence electrons. The van der Waals surface area contributed by atoms with Crippen molar-refractivity contribution in [2.24, 2.45) is 0 Å². The van der Waals surface area contributed by atoms with Gasteiger partial charge >= 0.3 is 0 Å². The third-order valence-corrected chi connectivity index (χ3v) is 1.73. The van der Waals surface area contributed by atoms with E-state index in [0.717, 1.165) is 6.08 Å². The number of nitrogens with zero attached hydrogens (tertiary/aromatic N) is 1. The van der Waals surface area contributed by atoms with Crippen LogP contribution in [-0.4, -0.2) is 10.9 Å². The van der Waals surface area contributed by atoms with Crippen molar-refractivity contribution in [1.29, 1.82) is 0 Å². The van der Waals surface area contributed by atoms with Gasteiger partial charge in [-0.15, -0.1) is 0 Å². The molecule has 0 aliphatic heterocycles. The summed E-state index contributed by atoms with van der Waals surface area (Å²) < 4.78 is 0. The van der Waals surface area contributed by atoms with E-state index < -0.39 is 0 Å². The molecule has 0 fully saturated rings. The zero-order valence-electron chi connectivity index (χ0n) is 6.55. The topological polar surface area (TPSA) is 42.0 Å². The lowest BCUT2D eigenvalue weighted by molar-refractivity contribution is -0.111. The van der Waals surface area contributed by atoms with Gasteiger partial charge < -0.3 is 5.32 Å². The predicted molar refractivity (Wildman–Crippen MR) is 53.1 cm³/mol. The van der Waals surface area contributed by atoms with Crippen molar-refractivity contribution in [3.8, 4) is 0 Å². The Bertz CT molecular complexity index is 352. The van der Waals surface area contributed by atoms with E-state index in [1.54, 1.807) is 0 Å². The summed E-state index contributed by atoms with van der Waals surface area (Å²) in [4.78, 5) is 14.7. The van der Waals surface area contributed by atoms with Gasteiger partial charge in [-0.25, -0.2) is 4.98 Å². The summed E-state index contributed by atoms with van der Waals surface area (Å²) >= 11 is 11.3. The van der Waals surface area contributed by atoms with Crippen molar-refractivity contribution >= 4 is 34.9 Å². The van der Waals surface area contributed by atoms with Crippen LogP contribution >= 0.6 is 23.2 Å². The minimum absolute atomic E-state index is 0.274. The van der Waals surface area contributed by atoms with Crippen LogP contribution in [0.5, 0.6) is 0 Å². The molecule has 0 unspecified atom stereocenters. The van der Waals surface area contributed by atoms with E-state index in [1.807, 2.05) is 0 Å². The monoisotopic (exact) mass is 216 g/mol. The maximum atomic E-state index is 10.9. The van der Waals surface area contributed by atoms with Crippen LogP contribution in [0, 0.1) is 0 Å². The highest BCUT2D eigenvalue weighted by Gasteiger charge is 2.04. The van der Waals surface area contributed by atoms with Gasteiger partial charge in [0, 0.05) is 6.20 Å². The Hall–Kier alpha value is -1.06. The lowest BCUT2D eigenvalue weighted by Crippen LogP contribution is -2.08. The van der Waals surface area contributed by atoms with Gasteiger partial charge in [0.2, 0.25) is 5.91 Å². The van der Waals surface area contributed by atoms with E-state index in [2.05, 4.69) is 16.9 Å².